The number of hydrogen-bond acceptors (Lipinski definition) is 1. The molecule has 2 aromatic carbocycles. The van der Waals surface area contributed by atoms with Crippen LogP contribution in [0, 0.1) is 12.7 Å². The fourth-order valence-electron chi connectivity index (χ4n) is 1.84. The standard InChI is InChI=1S/C16H16ClFN2S/c1-11-7-8-13(9-15(11)18)19-16(21)20(2)10-12-5-3-4-6-14(12)17/h3-9H,10H2,1-2H3,(H,19,21). The topological polar surface area (TPSA) is 15.3 Å². The molecule has 0 aliphatic heterocycles. The zero-order valence-electron chi connectivity index (χ0n) is 11.9. The average molecular weight is 323 g/mol. The summed E-state index contributed by atoms with van der Waals surface area (Å²) >= 11 is 11.5. The average Bonchev–Trinajstić information content (AvgIpc) is 2.45. The molecule has 0 heterocycles. The Labute approximate surface area is 134 Å². The van der Waals surface area contributed by atoms with E-state index in [1.807, 2.05) is 36.2 Å². The Morgan fingerprint density at radius 3 is 2.67 bits per heavy atom. The van der Waals surface area contributed by atoms with E-state index in [1.54, 1.807) is 19.1 Å². The molecule has 0 aliphatic carbocycles. The third-order valence-electron chi connectivity index (χ3n) is 3.14. The summed E-state index contributed by atoms with van der Waals surface area (Å²) in [6.45, 7) is 2.31. The Morgan fingerprint density at radius 2 is 2.00 bits per heavy atom. The van der Waals surface area contributed by atoms with E-state index in [4.69, 9.17) is 23.8 Å². The van der Waals surface area contributed by atoms with Gasteiger partial charge in [-0.3, -0.25) is 0 Å². The van der Waals surface area contributed by atoms with Crippen molar-refractivity contribution < 1.29 is 4.39 Å². The summed E-state index contributed by atoms with van der Waals surface area (Å²) in [5, 5.41) is 4.24. The summed E-state index contributed by atoms with van der Waals surface area (Å²) in [6.07, 6.45) is 0. The maximum Gasteiger partial charge on any atom is 0.173 e. The molecule has 0 atom stereocenters. The Kier molecular flexibility index (Phi) is 5.15. The molecule has 1 N–H and O–H groups in total. The smallest absolute Gasteiger partial charge is 0.173 e. The normalized spacial score (nSPS) is 10.3. The lowest BCUT2D eigenvalue weighted by Crippen LogP contribution is -2.30. The lowest BCUT2D eigenvalue weighted by atomic mass is 10.2. The molecule has 0 spiro atoms. The van der Waals surface area contributed by atoms with E-state index in [2.05, 4.69) is 5.32 Å². The summed E-state index contributed by atoms with van der Waals surface area (Å²) in [7, 11) is 1.86. The van der Waals surface area contributed by atoms with Crippen molar-refractivity contribution >= 4 is 34.6 Å². The summed E-state index contributed by atoms with van der Waals surface area (Å²) < 4.78 is 13.5. The summed E-state index contributed by atoms with van der Waals surface area (Å²) in [4.78, 5) is 1.86. The van der Waals surface area contributed by atoms with Crippen LogP contribution in [0.5, 0.6) is 0 Å². The summed E-state index contributed by atoms with van der Waals surface area (Å²) in [5.74, 6) is -0.253. The van der Waals surface area contributed by atoms with Gasteiger partial charge >= 0.3 is 0 Å². The highest BCUT2D eigenvalue weighted by Crippen LogP contribution is 2.18. The second-order valence-corrected chi connectivity index (χ2v) is 5.64. The molecule has 21 heavy (non-hydrogen) atoms. The van der Waals surface area contributed by atoms with Gasteiger partial charge in [0, 0.05) is 24.3 Å². The third-order valence-corrected chi connectivity index (χ3v) is 3.92. The number of benzene rings is 2. The summed E-state index contributed by atoms with van der Waals surface area (Å²) in [6, 6.07) is 12.6. The number of thiocarbonyl (C=S) groups is 1. The minimum Gasteiger partial charge on any atom is -0.348 e. The predicted molar refractivity (Wildman–Crippen MR) is 90.3 cm³/mol. The molecule has 0 aliphatic rings. The quantitative estimate of drug-likeness (QED) is 0.830. The van der Waals surface area contributed by atoms with E-state index in [1.165, 1.54) is 6.07 Å². The van der Waals surface area contributed by atoms with Gasteiger partial charge in [0.15, 0.2) is 5.11 Å². The molecule has 2 aromatic rings. The first-order valence-corrected chi connectivity index (χ1v) is 7.27. The van der Waals surface area contributed by atoms with Crippen molar-refractivity contribution in [3.05, 3.63) is 64.4 Å². The second kappa shape index (κ2) is 6.87. The molecule has 0 unspecified atom stereocenters. The van der Waals surface area contributed by atoms with Crippen LogP contribution in [0.4, 0.5) is 10.1 Å². The molecule has 2 nitrogen and oxygen atoms in total. The van der Waals surface area contributed by atoms with Gasteiger partial charge in [0.2, 0.25) is 0 Å². The van der Waals surface area contributed by atoms with Gasteiger partial charge in [-0.05, 0) is 48.5 Å². The largest absolute Gasteiger partial charge is 0.348 e. The molecule has 2 rings (SSSR count). The highest BCUT2D eigenvalue weighted by molar-refractivity contribution is 7.80. The van der Waals surface area contributed by atoms with Crippen molar-refractivity contribution in [1.29, 1.82) is 0 Å². The zero-order valence-corrected chi connectivity index (χ0v) is 13.4. The molecule has 0 fully saturated rings. The first kappa shape index (κ1) is 15.7. The van der Waals surface area contributed by atoms with Crippen LogP contribution >= 0.6 is 23.8 Å². The van der Waals surface area contributed by atoms with Gasteiger partial charge in [-0.1, -0.05) is 35.9 Å². The lowest BCUT2D eigenvalue weighted by Gasteiger charge is -2.21. The van der Waals surface area contributed by atoms with Crippen molar-refractivity contribution in [2.24, 2.45) is 0 Å². The highest BCUT2D eigenvalue weighted by atomic mass is 35.5. The Bertz CT molecular complexity index is 660. The van der Waals surface area contributed by atoms with E-state index >= 15 is 0 Å². The van der Waals surface area contributed by atoms with E-state index < -0.39 is 0 Å². The van der Waals surface area contributed by atoms with Crippen molar-refractivity contribution in [2.45, 2.75) is 13.5 Å². The maximum atomic E-state index is 13.5. The predicted octanol–water partition coefficient (Wildman–Crippen LogP) is 4.62. The van der Waals surface area contributed by atoms with Gasteiger partial charge < -0.3 is 10.2 Å². The molecular weight excluding hydrogens is 307 g/mol. The number of aryl methyl sites for hydroxylation is 1. The number of nitrogens with zero attached hydrogens (tertiary/aromatic N) is 1. The van der Waals surface area contributed by atoms with Crippen molar-refractivity contribution in [2.75, 3.05) is 12.4 Å². The Morgan fingerprint density at radius 1 is 1.29 bits per heavy atom. The SMILES string of the molecule is Cc1ccc(NC(=S)N(C)Cc2ccccc2Cl)cc1F. The van der Waals surface area contributed by atoms with Gasteiger partial charge in [0.25, 0.3) is 0 Å². The fraction of sp³-hybridized carbons (Fsp3) is 0.188. The molecule has 0 saturated heterocycles. The molecule has 0 aromatic heterocycles. The van der Waals surface area contributed by atoms with Crippen molar-refractivity contribution in [3.8, 4) is 0 Å². The number of hydrogen-bond donors (Lipinski definition) is 1. The van der Waals surface area contributed by atoms with Crippen LogP contribution in [-0.2, 0) is 6.54 Å². The molecule has 0 bridgehead atoms. The maximum absolute atomic E-state index is 13.5. The number of anilines is 1. The second-order valence-electron chi connectivity index (χ2n) is 4.84. The van der Waals surface area contributed by atoms with Gasteiger partial charge in [0.05, 0.1) is 0 Å². The fourth-order valence-corrected chi connectivity index (χ4v) is 2.22. The van der Waals surface area contributed by atoms with Crippen LogP contribution < -0.4 is 5.32 Å². The van der Waals surface area contributed by atoms with E-state index in [9.17, 15) is 4.39 Å². The van der Waals surface area contributed by atoms with E-state index in [0.29, 0.717) is 27.9 Å². The number of nitrogens with one attached hydrogen (secondary N) is 1. The summed E-state index contributed by atoms with van der Waals surface area (Å²) in [5.41, 5.74) is 2.23. The molecule has 5 heteroatoms. The molecule has 0 saturated carbocycles. The molecular formula is C16H16ClFN2S. The molecule has 110 valence electrons. The minimum absolute atomic E-state index is 0.253. The highest BCUT2D eigenvalue weighted by Gasteiger charge is 2.08. The van der Waals surface area contributed by atoms with E-state index in [-0.39, 0.29) is 5.82 Å². The van der Waals surface area contributed by atoms with Gasteiger partial charge in [0.1, 0.15) is 5.82 Å². The lowest BCUT2D eigenvalue weighted by molar-refractivity contribution is 0.508. The van der Waals surface area contributed by atoms with Crippen molar-refractivity contribution in [3.63, 3.8) is 0 Å². The van der Waals surface area contributed by atoms with Crippen LogP contribution in [0.1, 0.15) is 11.1 Å². The van der Waals surface area contributed by atoms with Crippen LogP contribution in [0.2, 0.25) is 5.02 Å². The monoisotopic (exact) mass is 322 g/mol. The van der Waals surface area contributed by atoms with Gasteiger partial charge in [-0.2, -0.15) is 0 Å². The zero-order chi connectivity index (χ0) is 15.4. The molecule has 0 radical (unpaired) electrons. The molecule has 0 amide bonds. The van der Waals surface area contributed by atoms with Gasteiger partial charge in [-0.25, -0.2) is 4.39 Å². The first-order chi connectivity index (χ1) is 9.97. The van der Waals surface area contributed by atoms with Crippen LogP contribution in [0.15, 0.2) is 42.5 Å². The third kappa shape index (κ3) is 4.16. The van der Waals surface area contributed by atoms with Crippen LogP contribution in [0.25, 0.3) is 0 Å². The number of halogens is 2. The van der Waals surface area contributed by atoms with Crippen LogP contribution in [0.3, 0.4) is 0 Å². The minimum atomic E-state index is -0.253. The number of rotatable bonds is 3. The van der Waals surface area contributed by atoms with Crippen molar-refractivity contribution in [1.82, 2.24) is 4.90 Å². The van der Waals surface area contributed by atoms with Crippen LogP contribution in [-0.4, -0.2) is 17.1 Å². The van der Waals surface area contributed by atoms with E-state index in [0.717, 1.165) is 5.56 Å². The first-order valence-electron chi connectivity index (χ1n) is 6.49. The van der Waals surface area contributed by atoms with Gasteiger partial charge in [-0.15, -0.1) is 0 Å². The Hall–Kier alpha value is -1.65. The Balaban J connectivity index is 2.02.